The number of carbonyl (C=O) groups is 1. The van der Waals surface area contributed by atoms with Gasteiger partial charge in [-0.25, -0.2) is 0 Å². The lowest BCUT2D eigenvalue weighted by Crippen LogP contribution is -2.15. The lowest BCUT2D eigenvalue weighted by Gasteiger charge is -2.10. The molecule has 170 valence electrons. The third-order valence-electron chi connectivity index (χ3n) is 5.46. The van der Waals surface area contributed by atoms with Crippen LogP contribution in [0.2, 0.25) is 0 Å². The van der Waals surface area contributed by atoms with Crippen molar-refractivity contribution in [3.63, 3.8) is 0 Å². The van der Waals surface area contributed by atoms with Crippen molar-refractivity contribution in [2.24, 2.45) is 14.1 Å². The van der Waals surface area contributed by atoms with E-state index >= 15 is 0 Å². The Labute approximate surface area is 197 Å². The maximum Gasteiger partial charge on any atom is 0.234 e. The normalized spacial score (nSPS) is 10.9. The molecule has 0 fully saturated rings. The second-order valence-corrected chi connectivity index (χ2v) is 8.69. The number of aromatic nitrogens is 5. The van der Waals surface area contributed by atoms with E-state index in [9.17, 15) is 4.79 Å². The van der Waals surface area contributed by atoms with Gasteiger partial charge in [0, 0.05) is 31.5 Å². The van der Waals surface area contributed by atoms with E-state index in [0.29, 0.717) is 11.0 Å². The van der Waals surface area contributed by atoms with Crippen LogP contribution in [0.15, 0.2) is 53.8 Å². The summed E-state index contributed by atoms with van der Waals surface area (Å²) in [6.07, 6.45) is 1.92. The van der Waals surface area contributed by atoms with Crippen molar-refractivity contribution in [1.82, 2.24) is 24.5 Å². The Kier molecular flexibility index (Phi) is 6.50. The Bertz CT molecular complexity index is 1310. The van der Waals surface area contributed by atoms with Gasteiger partial charge in [0.15, 0.2) is 11.0 Å². The molecule has 1 N–H and O–H groups in total. The molecule has 0 aliphatic carbocycles. The standard InChI is InChI=1S/C24H26N6O2S/c1-15-8-6-11-20(16(15)2)25-21(31)14-33-24-27-26-23(30(24)4)19-13-29(3)28-22(19)17-9-7-10-18(12-17)32-5/h6-13H,14H2,1-5H3,(H,25,31). The maximum absolute atomic E-state index is 12.5. The molecule has 0 spiro atoms. The van der Waals surface area contributed by atoms with Crippen LogP contribution in [-0.4, -0.2) is 43.3 Å². The quantitative estimate of drug-likeness (QED) is 0.414. The molecule has 4 rings (SSSR count). The van der Waals surface area contributed by atoms with Crippen LogP contribution in [0.5, 0.6) is 5.75 Å². The van der Waals surface area contributed by atoms with E-state index in [-0.39, 0.29) is 11.7 Å². The van der Waals surface area contributed by atoms with Crippen molar-refractivity contribution < 1.29 is 9.53 Å². The molecule has 9 heteroatoms. The summed E-state index contributed by atoms with van der Waals surface area (Å²) < 4.78 is 9.00. The third kappa shape index (κ3) is 4.78. The number of anilines is 1. The number of benzene rings is 2. The van der Waals surface area contributed by atoms with Crippen LogP contribution in [0.1, 0.15) is 11.1 Å². The number of hydrogen-bond acceptors (Lipinski definition) is 6. The fourth-order valence-corrected chi connectivity index (χ4v) is 4.22. The van der Waals surface area contributed by atoms with Gasteiger partial charge in [0.05, 0.1) is 18.4 Å². The van der Waals surface area contributed by atoms with E-state index in [4.69, 9.17) is 4.74 Å². The zero-order chi connectivity index (χ0) is 23.5. The minimum atomic E-state index is -0.0864. The van der Waals surface area contributed by atoms with Crippen LogP contribution in [0.25, 0.3) is 22.6 Å². The molecule has 0 saturated heterocycles. The summed E-state index contributed by atoms with van der Waals surface area (Å²) >= 11 is 1.34. The molecule has 0 aliphatic heterocycles. The van der Waals surface area contributed by atoms with Gasteiger partial charge in [-0.2, -0.15) is 5.10 Å². The number of aryl methyl sites for hydroxylation is 2. The molecular formula is C24H26N6O2S. The van der Waals surface area contributed by atoms with Crippen molar-refractivity contribution in [2.45, 2.75) is 19.0 Å². The molecule has 0 atom stereocenters. The highest BCUT2D eigenvalue weighted by Gasteiger charge is 2.20. The van der Waals surface area contributed by atoms with Gasteiger partial charge in [0.2, 0.25) is 5.91 Å². The summed E-state index contributed by atoms with van der Waals surface area (Å²) in [7, 11) is 5.40. The molecule has 0 radical (unpaired) electrons. The van der Waals surface area contributed by atoms with Crippen molar-refractivity contribution in [3.8, 4) is 28.4 Å². The first kappa shape index (κ1) is 22.6. The highest BCUT2D eigenvalue weighted by molar-refractivity contribution is 7.99. The fourth-order valence-electron chi connectivity index (χ4n) is 3.51. The predicted octanol–water partition coefficient (Wildman–Crippen LogP) is 4.24. The topological polar surface area (TPSA) is 86.9 Å². The van der Waals surface area contributed by atoms with E-state index in [1.54, 1.807) is 11.8 Å². The number of amides is 1. The van der Waals surface area contributed by atoms with Crippen molar-refractivity contribution >= 4 is 23.4 Å². The van der Waals surface area contributed by atoms with Gasteiger partial charge in [-0.1, -0.05) is 36.0 Å². The Morgan fingerprint density at radius 2 is 1.91 bits per heavy atom. The van der Waals surface area contributed by atoms with Crippen molar-refractivity contribution in [1.29, 1.82) is 0 Å². The number of ether oxygens (including phenoxy) is 1. The Balaban J connectivity index is 1.53. The second kappa shape index (κ2) is 9.50. The maximum atomic E-state index is 12.5. The molecular weight excluding hydrogens is 436 g/mol. The lowest BCUT2D eigenvalue weighted by atomic mass is 10.1. The van der Waals surface area contributed by atoms with Crippen LogP contribution < -0.4 is 10.1 Å². The number of hydrogen-bond donors (Lipinski definition) is 1. The van der Waals surface area contributed by atoms with Crippen LogP contribution in [0.4, 0.5) is 5.69 Å². The van der Waals surface area contributed by atoms with Gasteiger partial charge in [0.1, 0.15) is 11.4 Å². The van der Waals surface area contributed by atoms with Crippen molar-refractivity contribution in [2.75, 3.05) is 18.2 Å². The van der Waals surface area contributed by atoms with E-state index in [1.807, 2.05) is 81.2 Å². The largest absolute Gasteiger partial charge is 0.497 e. The van der Waals surface area contributed by atoms with Gasteiger partial charge in [-0.15, -0.1) is 10.2 Å². The Morgan fingerprint density at radius 1 is 1.12 bits per heavy atom. The lowest BCUT2D eigenvalue weighted by molar-refractivity contribution is -0.113. The Morgan fingerprint density at radius 3 is 2.70 bits per heavy atom. The average Bonchev–Trinajstić information content (AvgIpc) is 3.37. The van der Waals surface area contributed by atoms with Gasteiger partial charge in [-0.05, 0) is 43.2 Å². The molecule has 33 heavy (non-hydrogen) atoms. The molecule has 2 heterocycles. The highest BCUT2D eigenvalue weighted by atomic mass is 32.2. The van der Waals surface area contributed by atoms with Crippen LogP contribution in [-0.2, 0) is 18.9 Å². The molecule has 0 saturated carbocycles. The summed E-state index contributed by atoms with van der Waals surface area (Å²) in [6, 6.07) is 13.6. The molecule has 0 aliphatic rings. The molecule has 2 aromatic carbocycles. The average molecular weight is 463 g/mol. The number of rotatable bonds is 7. The number of methoxy groups -OCH3 is 1. The van der Waals surface area contributed by atoms with Gasteiger partial charge >= 0.3 is 0 Å². The molecule has 4 aromatic rings. The summed E-state index contributed by atoms with van der Waals surface area (Å²) in [4.78, 5) is 12.5. The first-order chi connectivity index (χ1) is 15.9. The molecule has 8 nitrogen and oxygen atoms in total. The smallest absolute Gasteiger partial charge is 0.234 e. The highest BCUT2D eigenvalue weighted by Crippen LogP contribution is 2.32. The van der Waals surface area contributed by atoms with Gasteiger partial charge in [-0.3, -0.25) is 9.48 Å². The zero-order valence-corrected chi connectivity index (χ0v) is 20.1. The van der Waals surface area contributed by atoms with Gasteiger partial charge < -0.3 is 14.6 Å². The van der Waals surface area contributed by atoms with Crippen LogP contribution in [0, 0.1) is 13.8 Å². The number of thioether (sulfide) groups is 1. The number of nitrogens with zero attached hydrogens (tertiary/aromatic N) is 5. The minimum absolute atomic E-state index is 0.0864. The summed E-state index contributed by atoms with van der Waals surface area (Å²) in [5.74, 6) is 1.58. The van der Waals surface area contributed by atoms with Gasteiger partial charge in [0.25, 0.3) is 0 Å². The summed E-state index contributed by atoms with van der Waals surface area (Å²) in [5, 5.41) is 17.0. The fraction of sp³-hybridized carbons (Fsp3) is 0.250. The van der Waals surface area contributed by atoms with Crippen LogP contribution >= 0.6 is 11.8 Å². The molecule has 1 amide bonds. The molecule has 2 aromatic heterocycles. The molecule has 0 unspecified atom stereocenters. The summed E-state index contributed by atoms with van der Waals surface area (Å²) in [6.45, 7) is 4.03. The number of nitrogens with one attached hydrogen (secondary N) is 1. The Hall–Kier alpha value is -3.59. The minimum Gasteiger partial charge on any atom is -0.497 e. The molecule has 0 bridgehead atoms. The second-order valence-electron chi connectivity index (χ2n) is 7.75. The summed E-state index contributed by atoms with van der Waals surface area (Å²) in [5.41, 5.74) is 5.61. The first-order valence-electron chi connectivity index (χ1n) is 10.4. The SMILES string of the molecule is COc1cccc(-c2nn(C)cc2-c2nnc(SCC(=O)Nc3cccc(C)c3C)n2C)c1. The van der Waals surface area contributed by atoms with E-state index in [1.165, 1.54) is 11.8 Å². The third-order valence-corrected chi connectivity index (χ3v) is 6.48. The van der Waals surface area contributed by atoms with E-state index in [2.05, 4.69) is 20.6 Å². The zero-order valence-electron chi connectivity index (χ0n) is 19.3. The van der Waals surface area contributed by atoms with Crippen LogP contribution in [0.3, 0.4) is 0 Å². The monoisotopic (exact) mass is 462 g/mol. The van der Waals surface area contributed by atoms with E-state index < -0.39 is 0 Å². The number of carbonyl (C=O) groups excluding carboxylic acids is 1. The van der Waals surface area contributed by atoms with E-state index in [0.717, 1.165) is 39.4 Å². The predicted molar refractivity (Wildman–Crippen MR) is 130 cm³/mol. The van der Waals surface area contributed by atoms with Crippen molar-refractivity contribution in [3.05, 3.63) is 59.8 Å². The first-order valence-corrected chi connectivity index (χ1v) is 11.4.